The molecule has 7 heteroatoms. The molecule has 1 aliphatic rings. The van der Waals surface area contributed by atoms with E-state index in [2.05, 4.69) is 10.3 Å². The van der Waals surface area contributed by atoms with Crippen molar-refractivity contribution >= 4 is 29.5 Å². The Kier molecular flexibility index (Phi) is 6.07. The van der Waals surface area contributed by atoms with Gasteiger partial charge in [-0.05, 0) is 65.7 Å². The van der Waals surface area contributed by atoms with Crippen LogP contribution in [0.15, 0.2) is 83.5 Å². The predicted molar refractivity (Wildman–Crippen MR) is 119 cm³/mol. The van der Waals surface area contributed by atoms with Crippen LogP contribution in [0.5, 0.6) is 5.75 Å². The van der Waals surface area contributed by atoms with Crippen LogP contribution in [0.2, 0.25) is 0 Å². The van der Waals surface area contributed by atoms with Gasteiger partial charge in [-0.2, -0.15) is 0 Å². The van der Waals surface area contributed by atoms with Crippen LogP contribution in [0, 0.1) is 5.82 Å². The minimum Gasteiger partial charge on any atom is -0.489 e. The normalized spacial score (nSPS) is 14.1. The van der Waals surface area contributed by atoms with Gasteiger partial charge in [-0.3, -0.25) is 4.79 Å². The van der Waals surface area contributed by atoms with E-state index in [-0.39, 0.29) is 29.9 Å². The van der Waals surface area contributed by atoms with Crippen LogP contribution in [-0.2, 0) is 20.9 Å². The molecule has 0 atom stereocenters. The minimum atomic E-state index is -0.558. The van der Waals surface area contributed by atoms with Gasteiger partial charge in [0, 0.05) is 18.2 Å². The first-order valence-corrected chi connectivity index (χ1v) is 9.84. The number of hydrogen-bond acceptors (Lipinski definition) is 5. The molecule has 3 aromatic carbocycles. The van der Waals surface area contributed by atoms with Crippen LogP contribution in [0.25, 0.3) is 6.08 Å². The van der Waals surface area contributed by atoms with E-state index >= 15 is 0 Å². The Morgan fingerprint density at radius 2 is 1.88 bits per heavy atom. The van der Waals surface area contributed by atoms with Gasteiger partial charge < -0.3 is 14.8 Å². The number of benzene rings is 3. The van der Waals surface area contributed by atoms with E-state index < -0.39 is 5.97 Å². The largest absolute Gasteiger partial charge is 0.489 e. The monoisotopic (exact) mass is 430 g/mol. The average molecular weight is 430 g/mol. The van der Waals surface area contributed by atoms with Crippen LogP contribution >= 0.6 is 0 Å². The molecule has 160 valence electrons. The molecule has 0 saturated heterocycles. The highest BCUT2D eigenvalue weighted by atomic mass is 19.1. The van der Waals surface area contributed by atoms with Crippen molar-refractivity contribution in [2.24, 2.45) is 4.99 Å². The van der Waals surface area contributed by atoms with Crippen molar-refractivity contribution in [3.63, 3.8) is 0 Å². The Morgan fingerprint density at radius 3 is 2.62 bits per heavy atom. The molecule has 0 aliphatic carbocycles. The van der Waals surface area contributed by atoms with Crippen molar-refractivity contribution in [1.29, 1.82) is 0 Å². The van der Waals surface area contributed by atoms with E-state index in [1.807, 2.05) is 6.07 Å². The Morgan fingerprint density at radius 1 is 1.09 bits per heavy atom. The summed E-state index contributed by atoms with van der Waals surface area (Å²) in [6, 6.07) is 20.2. The minimum absolute atomic E-state index is 0.160. The number of hydrogen-bond donors (Lipinski definition) is 1. The number of aliphatic imine (C=N–C) groups is 1. The summed E-state index contributed by atoms with van der Waals surface area (Å²) in [5.41, 5.74) is 2.83. The molecular formula is C25H19FN2O4. The van der Waals surface area contributed by atoms with Crippen molar-refractivity contribution in [1.82, 2.24) is 0 Å². The number of anilines is 1. The lowest BCUT2D eigenvalue weighted by Crippen LogP contribution is -2.07. The van der Waals surface area contributed by atoms with Crippen LogP contribution in [0.3, 0.4) is 0 Å². The summed E-state index contributed by atoms with van der Waals surface area (Å²) in [7, 11) is 0. The van der Waals surface area contributed by atoms with E-state index in [1.165, 1.54) is 19.1 Å². The van der Waals surface area contributed by atoms with Crippen LogP contribution < -0.4 is 10.1 Å². The third-order valence-electron chi connectivity index (χ3n) is 4.53. The second-order valence-electron chi connectivity index (χ2n) is 7.09. The highest BCUT2D eigenvalue weighted by molar-refractivity contribution is 6.13. The van der Waals surface area contributed by atoms with E-state index in [0.29, 0.717) is 28.1 Å². The molecular weight excluding hydrogens is 411 g/mol. The van der Waals surface area contributed by atoms with E-state index in [4.69, 9.17) is 9.47 Å². The number of nitrogens with one attached hydrogen (secondary N) is 1. The first-order chi connectivity index (χ1) is 15.5. The van der Waals surface area contributed by atoms with Gasteiger partial charge in [-0.15, -0.1) is 0 Å². The standard InChI is InChI=1S/C25H19FN2O4/c1-16(29)27-21-10-8-19(9-11-21)24-28-23(25(30)32-24)14-17-4-3-7-22(13-17)31-15-18-5-2-6-20(26)12-18/h2-14H,15H2,1H3,(H,27,29)/b23-14-. The topological polar surface area (TPSA) is 77.0 Å². The zero-order valence-electron chi connectivity index (χ0n) is 17.2. The molecule has 6 nitrogen and oxygen atoms in total. The maximum atomic E-state index is 13.3. The van der Waals surface area contributed by atoms with Crippen molar-refractivity contribution in [3.8, 4) is 5.75 Å². The van der Waals surface area contributed by atoms with Gasteiger partial charge in [0.15, 0.2) is 5.70 Å². The molecule has 1 amide bonds. The SMILES string of the molecule is CC(=O)Nc1ccc(C2=N/C(=C\c3cccc(OCc4cccc(F)c4)c3)C(=O)O2)cc1. The van der Waals surface area contributed by atoms with Gasteiger partial charge >= 0.3 is 5.97 Å². The number of esters is 1. The quantitative estimate of drug-likeness (QED) is 0.454. The number of rotatable bonds is 6. The number of cyclic esters (lactones) is 1. The number of amides is 1. The van der Waals surface area contributed by atoms with E-state index in [9.17, 15) is 14.0 Å². The zero-order valence-corrected chi connectivity index (χ0v) is 17.2. The molecule has 0 unspecified atom stereocenters. The van der Waals surface area contributed by atoms with Crippen LogP contribution in [0.4, 0.5) is 10.1 Å². The van der Waals surface area contributed by atoms with Crippen LogP contribution in [0.1, 0.15) is 23.6 Å². The highest BCUT2D eigenvalue weighted by Gasteiger charge is 2.24. The summed E-state index contributed by atoms with van der Waals surface area (Å²) in [5.74, 6) is -0.281. The molecule has 3 aromatic rings. The first-order valence-electron chi connectivity index (χ1n) is 9.84. The lowest BCUT2D eigenvalue weighted by atomic mass is 10.2. The molecule has 4 rings (SSSR count). The molecule has 0 fully saturated rings. The van der Waals surface area contributed by atoms with Crippen molar-refractivity contribution in [2.75, 3.05) is 5.32 Å². The molecule has 0 aromatic heterocycles. The maximum absolute atomic E-state index is 13.3. The average Bonchev–Trinajstić information content (AvgIpc) is 3.13. The fourth-order valence-electron chi connectivity index (χ4n) is 3.08. The molecule has 1 N–H and O–H groups in total. The predicted octanol–water partition coefficient (Wildman–Crippen LogP) is 4.71. The third kappa shape index (κ3) is 5.26. The molecule has 0 spiro atoms. The van der Waals surface area contributed by atoms with Gasteiger partial charge in [0.25, 0.3) is 0 Å². The van der Waals surface area contributed by atoms with Crippen molar-refractivity contribution < 1.29 is 23.5 Å². The third-order valence-corrected chi connectivity index (χ3v) is 4.53. The summed E-state index contributed by atoms with van der Waals surface area (Å²) < 4.78 is 24.3. The second-order valence-corrected chi connectivity index (χ2v) is 7.09. The lowest BCUT2D eigenvalue weighted by Gasteiger charge is -2.07. The van der Waals surface area contributed by atoms with Gasteiger partial charge in [0.1, 0.15) is 18.2 Å². The van der Waals surface area contributed by atoms with Gasteiger partial charge in [0.05, 0.1) is 0 Å². The van der Waals surface area contributed by atoms with Gasteiger partial charge in [-0.1, -0.05) is 24.3 Å². The molecule has 32 heavy (non-hydrogen) atoms. The lowest BCUT2D eigenvalue weighted by molar-refractivity contribution is -0.129. The summed E-state index contributed by atoms with van der Waals surface area (Å²) >= 11 is 0. The highest BCUT2D eigenvalue weighted by Crippen LogP contribution is 2.22. The van der Waals surface area contributed by atoms with Crippen LogP contribution in [-0.4, -0.2) is 17.8 Å². The number of carbonyl (C=O) groups excluding carboxylic acids is 2. The fraction of sp³-hybridized carbons (Fsp3) is 0.0800. The number of nitrogens with zero attached hydrogens (tertiary/aromatic N) is 1. The van der Waals surface area contributed by atoms with Crippen molar-refractivity contribution in [3.05, 3.63) is 101 Å². The number of halogens is 1. The Bertz CT molecular complexity index is 1230. The molecule has 0 radical (unpaired) electrons. The molecule has 0 saturated carbocycles. The Labute approximate surface area is 184 Å². The summed E-state index contributed by atoms with van der Waals surface area (Å²) in [5, 5.41) is 2.67. The fourth-order valence-corrected chi connectivity index (χ4v) is 3.08. The number of carbonyl (C=O) groups is 2. The molecule has 1 aliphatic heterocycles. The van der Waals surface area contributed by atoms with Crippen molar-refractivity contribution in [2.45, 2.75) is 13.5 Å². The van der Waals surface area contributed by atoms with Gasteiger partial charge in [-0.25, -0.2) is 14.2 Å². The summed E-state index contributed by atoms with van der Waals surface area (Å²) in [6.45, 7) is 1.64. The van der Waals surface area contributed by atoms with Gasteiger partial charge in [0.2, 0.25) is 11.8 Å². The van der Waals surface area contributed by atoms with E-state index in [0.717, 1.165) is 0 Å². The molecule has 1 heterocycles. The Balaban J connectivity index is 1.48. The van der Waals surface area contributed by atoms with E-state index in [1.54, 1.807) is 60.7 Å². The first kappa shape index (κ1) is 21.0. The second kappa shape index (κ2) is 9.26. The summed E-state index contributed by atoms with van der Waals surface area (Å²) in [4.78, 5) is 27.7. The smallest absolute Gasteiger partial charge is 0.363 e. The Hall–Kier alpha value is -4.26. The molecule has 0 bridgehead atoms. The maximum Gasteiger partial charge on any atom is 0.363 e. The zero-order chi connectivity index (χ0) is 22.5. The number of ether oxygens (including phenoxy) is 2. The summed E-state index contributed by atoms with van der Waals surface area (Å²) in [6.07, 6.45) is 1.61.